The van der Waals surface area contributed by atoms with E-state index >= 15 is 0 Å². The quantitative estimate of drug-likeness (QED) is 0.546. The summed E-state index contributed by atoms with van der Waals surface area (Å²) in [5.74, 6) is 0.686. The largest absolute Gasteiger partial charge is 0.508 e. The van der Waals surface area contributed by atoms with E-state index in [1.165, 1.54) is 0 Å². The van der Waals surface area contributed by atoms with Crippen molar-refractivity contribution in [3.8, 4) is 0 Å². The highest BCUT2D eigenvalue weighted by molar-refractivity contribution is 5.60. The van der Waals surface area contributed by atoms with Crippen LogP contribution in [0.2, 0.25) is 0 Å². The summed E-state index contributed by atoms with van der Waals surface area (Å²) in [6, 6.07) is 0. The summed E-state index contributed by atoms with van der Waals surface area (Å²) < 4.78 is 9.71. The second-order valence-electron chi connectivity index (χ2n) is 3.36. The maximum Gasteiger partial charge on any atom is 0.508 e. The highest BCUT2D eigenvalue weighted by Gasteiger charge is 2.30. The average molecular weight is 158 g/mol. The topological polar surface area (TPSA) is 35.5 Å². The van der Waals surface area contributed by atoms with Gasteiger partial charge in [-0.3, -0.25) is 0 Å². The Morgan fingerprint density at radius 3 is 2.64 bits per heavy atom. The van der Waals surface area contributed by atoms with Gasteiger partial charge in [0.05, 0.1) is 0 Å². The zero-order valence-corrected chi connectivity index (χ0v) is 7.16. The van der Waals surface area contributed by atoms with E-state index < -0.39 is 6.16 Å². The predicted octanol–water partition coefficient (Wildman–Crippen LogP) is 1.81. The summed E-state index contributed by atoms with van der Waals surface area (Å²) >= 11 is 0. The molecule has 1 aliphatic rings. The van der Waals surface area contributed by atoms with Gasteiger partial charge in [-0.25, -0.2) is 4.79 Å². The van der Waals surface area contributed by atoms with Gasteiger partial charge in [-0.05, 0) is 5.92 Å². The number of rotatable bonds is 1. The molecule has 0 radical (unpaired) electrons. The summed E-state index contributed by atoms with van der Waals surface area (Å²) in [5.41, 5.74) is 0. The van der Waals surface area contributed by atoms with Gasteiger partial charge in [-0.1, -0.05) is 20.8 Å². The van der Waals surface area contributed by atoms with Crippen LogP contribution in [-0.4, -0.2) is 18.9 Å². The third-order valence-electron chi connectivity index (χ3n) is 1.91. The van der Waals surface area contributed by atoms with E-state index in [-0.39, 0.29) is 6.10 Å². The molecule has 0 N–H and O–H groups in total. The van der Waals surface area contributed by atoms with Crippen LogP contribution in [0.25, 0.3) is 0 Å². The van der Waals surface area contributed by atoms with Crippen molar-refractivity contribution in [1.29, 1.82) is 0 Å². The van der Waals surface area contributed by atoms with E-state index in [9.17, 15) is 4.79 Å². The van der Waals surface area contributed by atoms with Crippen LogP contribution in [0.3, 0.4) is 0 Å². The summed E-state index contributed by atoms with van der Waals surface area (Å²) in [7, 11) is 0. The molecule has 0 aliphatic carbocycles. The summed E-state index contributed by atoms with van der Waals surface area (Å²) in [5, 5.41) is 0. The van der Waals surface area contributed by atoms with E-state index in [1.807, 2.05) is 20.8 Å². The minimum atomic E-state index is -0.526. The molecule has 11 heavy (non-hydrogen) atoms. The number of hydrogen-bond donors (Lipinski definition) is 0. The molecule has 3 heteroatoms. The molecular weight excluding hydrogens is 144 g/mol. The Balaban J connectivity index is 2.54. The van der Waals surface area contributed by atoms with Crippen LogP contribution in [0, 0.1) is 11.8 Å². The van der Waals surface area contributed by atoms with Crippen LogP contribution in [0.5, 0.6) is 0 Å². The molecular formula is C8H14O3. The first-order valence-corrected chi connectivity index (χ1v) is 3.94. The molecule has 0 saturated carbocycles. The van der Waals surface area contributed by atoms with Gasteiger partial charge in [-0.2, -0.15) is 0 Å². The number of carbonyl (C=O) groups excluding carboxylic acids is 1. The molecule has 0 spiro atoms. The molecule has 3 nitrogen and oxygen atoms in total. The monoisotopic (exact) mass is 158 g/mol. The third kappa shape index (κ3) is 1.85. The van der Waals surface area contributed by atoms with E-state index in [4.69, 9.17) is 9.47 Å². The molecule has 1 heterocycles. The van der Waals surface area contributed by atoms with Gasteiger partial charge >= 0.3 is 6.16 Å². The number of ether oxygens (including phenoxy) is 2. The van der Waals surface area contributed by atoms with Crippen LogP contribution in [0.4, 0.5) is 4.79 Å². The first-order chi connectivity index (χ1) is 5.11. The zero-order chi connectivity index (χ0) is 8.43. The van der Waals surface area contributed by atoms with Crippen molar-refractivity contribution in [2.45, 2.75) is 26.9 Å². The minimum absolute atomic E-state index is 0.0243. The lowest BCUT2D eigenvalue weighted by Gasteiger charge is -2.30. The molecule has 2 atom stereocenters. The van der Waals surface area contributed by atoms with Crippen molar-refractivity contribution >= 4 is 6.16 Å². The predicted molar refractivity (Wildman–Crippen MR) is 40.2 cm³/mol. The van der Waals surface area contributed by atoms with Crippen LogP contribution < -0.4 is 0 Å². The van der Waals surface area contributed by atoms with Crippen LogP contribution in [-0.2, 0) is 9.47 Å². The van der Waals surface area contributed by atoms with Gasteiger partial charge in [0.2, 0.25) is 0 Å². The van der Waals surface area contributed by atoms with E-state index in [0.29, 0.717) is 18.4 Å². The lowest BCUT2D eigenvalue weighted by Crippen LogP contribution is -2.38. The van der Waals surface area contributed by atoms with Gasteiger partial charge in [-0.15, -0.1) is 0 Å². The minimum Gasteiger partial charge on any atom is -0.434 e. The molecule has 0 aromatic rings. The standard InChI is InChI=1S/C8H14O3/c1-5(2)7-6(3)4-10-8(9)11-7/h5-7H,4H2,1-3H3/t6-,7+/m0/s1. The van der Waals surface area contributed by atoms with Gasteiger partial charge in [0.1, 0.15) is 12.7 Å². The molecule has 0 unspecified atom stereocenters. The molecule has 64 valence electrons. The molecule has 1 fully saturated rings. The molecule has 0 bridgehead atoms. The third-order valence-corrected chi connectivity index (χ3v) is 1.91. The van der Waals surface area contributed by atoms with Crippen molar-refractivity contribution in [3.05, 3.63) is 0 Å². The van der Waals surface area contributed by atoms with Gasteiger partial charge < -0.3 is 9.47 Å². The Bertz CT molecular complexity index is 153. The number of carbonyl (C=O) groups is 1. The molecule has 1 saturated heterocycles. The zero-order valence-electron chi connectivity index (χ0n) is 7.16. The Labute approximate surface area is 66.7 Å². The summed E-state index contributed by atoms with van der Waals surface area (Å²) in [6.45, 7) is 6.60. The molecule has 0 aromatic heterocycles. The van der Waals surface area contributed by atoms with Crippen molar-refractivity contribution < 1.29 is 14.3 Å². The second-order valence-corrected chi connectivity index (χ2v) is 3.36. The number of cyclic esters (lactones) is 2. The maximum absolute atomic E-state index is 10.7. The highest BCUT2D eigenvalue weighted by atomic mass is 16.7. The normalized spacial score (nSPS) is 31.5. The Morgan fingerprint density at radius 2 is 2.18 bits per heavy atom. The first kappa shape index (κ1) is 8.37. The highest BCUT2D eigenvalue weighted by Crippen LogP contribution is 2.21. The molecule has 1 aliphatic heterocycles. The molecule has 1 rings (SSSR count). The first-order valence-electron chi connectivity index (χ1n) is 3.94. The summed E-state index contributed by atoms with van der Waals surface area (Å²) in [4.78, 5) is 10.7. The van der Waals surface area contributed by atoms with Gasteiger partial charge in [0.25, 0.3) is 0 Å². The van der Waals surface area contributed by atoms with Crippen molar-refractivity contribution in [2.24, 2.45) is 11.8 Å². The van der Waals surface area contributed by atoms with Crippen molar-refractivity contribution in [1.82, 2.24) is 0 Å². The second kappa shape index (κ2) is 3.11. The van der Waals surface area contributed by atoms with Crippen LogP contribution in [0.15, 0.2) is 0 Å². The lowest BCUT2D eigenvalue weighted by atomic mass is 9.95. The van der Waals surface area contributed by atoms with Gasteiger partial charge in [0.15, 0.2) is 0 Å². The molecule has 0 amide bonds. The van der Waals surface area contributed by atoms with Crippen LogP contribution in [0.1, 0.15) is 20.8 Å². The van der Waals surface area contributed by atoms with Gasteiger partial charge in [0, 0.05) is 5.92 Å². The van der Waals surface area contributed by atoms with E-state index in [0.717, 1.165) is 0 Å². The Hall–Kier alpha value is -0.730. The van der Waals surface area contributed by atoms with E-state index in [2.05, 4.69) is 0 Å². The fourth-order valence-electron chi connectivity index (χ4n) is 1.35. The molecule has 0 aromatic carbocycles. The van der Waals surface area contributed by atoms with Crippen molar-refractivity contribution in [3.63, 3.8) is 0 Å². The fraction of sp³-hybridized carbons (Fsp3) is 0.875. The Morgan fingerprint density at radius 1 is 1.55 bits per heavy atom. The lowest BCUT2D eigenvalue weighted by molar-refractivity contribution is -0.0703. The smallest absolute Gasteiger partial charge is 0.434 e. The summed E-state index contributed by atoms with van der Waals surface area (Å²) in [6.07, 6.45) is -0.502. The SMILES string of the molecule is CC(C)[C@H]1OC(=O)OC[C@@H]1C. The van der Waals surface area contributed by atoms with Crippen molar-refractivity contribution in [2.75, 3.05) is 6.61 Å². The Kier molecular flexibility index (Phi) is 2.37. The number of hydrogen-bond acceptors (Lipinski definition) is 3. The fourth-order valence-corrected chi connectivity index (χ4v) is 1.35. The average Bonchev–Trinajstić information content (AvgIpc) is 1.94. The van der Waals surface area contributed by atoms with Crippen LogP contribution >= 0.6 is 0 Å². The maximum atomic E-state index is 10.7. The van der Waals surface area contributed by atoms with E-state index in [1.54, 1.807) is 0 Å².